The summed E-state index contributed by atoms with van der Waals surface area (Å²) in [4.78, 5) is 12.1. The SMILES string of the molecule is CCOCCOc1cccc(NC(=O)/C=C/c2ccccc2OC)c1. The Hall–Kier alpha value is -2.79. The van der Waals surface area contributed by atoms with Gasteiger partial charge in [-0.25, -0.2) is 0 Å². The molecule has 0 bridgehead atoms. The molecule has 1 amide bonds. The normalized spacial score (nSPS) is 10.6. The molecule has 0 fully saturated rings. The van der Waals surface area contributed by atoms with Gasteiger partial charge in [0.25, 0.3) is 0 Å². The van der Waals surface area contributed by atoms with Crippen LogP contribution in [0, 0.1) is 0 Å². The minimum absolute atomic E-state index is 0.225. The van der Waals surface area contributed by atoms with Gasteiger partial charge in [-0.15, -0.1) is 0 Å². The molecule has 0 aliphatic carbocycles. The molecule has 2 aromatic carbocycles. The number of carbonyl (C=O) groups is 1. The Morgan fingerprint density at radius 3 is 2.76 bits per heavy atom. The van der Waals surface area contributed by atoms with E-state index in [0.29, 0.717) is 31.3 Å². The number of ether oxygens (including phenoxy) is 3. The predicted molar refractivity (Wildman–Crippen MR) is 99.1 cm³/mol. The second-order valence-corrected chi connectivity index (χ2v) is 5.14. The van der Waals surface area contributed by atoms with Gasteiger partial charge in [-0.2, -0.15) is 0 Å². The van der Waals surface area contributed by atoms with Crippen LogP contribution in [-0.2, 0) is 9.53 Å². The van der Waals surface area contributed by atoms with E-state index >= 15 is 0 Å². The number of hydrogen-bond donors (Lipinski definition) is 1. The zero-order chi connectivity index (χ0) is 17.9. The average Bonchev–Trinajstić information content (AvgIpc) is 2.64. The fraction of sp³-hybridized carbons (Fsp3) is 0.250. The molecule has 2 rings (SSSR count). The van der Waals surface area contributed by atoms with Crippen LogP contribution in [0.1, 0.15) is 12.5 Å². The average molecular weight is 341 g/mol. The van der Waals surface area contributed by atoms with Crippen LogP contribution in [0.25, 0.3) is 6.08 Å². The Morgan fingerprint density at radius 2 is 1.96 bits per heavy atom. The molecular weight excluding hydrogens is 318 g/mol. The number of anilines is 1. The molecule has 1 N–H and O–H groups in total. The van der Waals surface area contributed by atoms with Gasteiger partial charge in [0.05, 0.1) is 13.7 Å². The zero-order valence-electron chi connectivity index (χ0n) is 14.5. The summed E-state index contributed by atoms with van der Waals surface area (Å²) in [5.41, 5.74) is 1.51. The van der Waals surface area contributed by atoms with Crippen LogP contribution in [0.4, 0.5) is 5.69 Å². The Labute approximate surface area is 148 Å². The molecule has 5 heteroatoms. The summed E-state index contributed by atoms with van der Waals surface area (Å²) in [6.07, 6.45) is 3.19. The Kier molecular flexibility index (Phi) is 7.53. The molecule has 0 radical (unpaired) electrons. The van der Waals surface area contributed by atoms with Crippen molar-refractivity contribution >= 4 is 17.7 Å². The lowest BCUT2D eigenvalue weighted by molar-refractivity contribution is -0.111. The van der Waals surface area contributed by atoms with Crippen LogP contribution in [0.2, 0.25) is 0 Å². The number of methoxy groups -OCH3 is 1. The number of carbonyl (C=O) groups excluding carboxylic acids is 1. The Bertz CT molecular complexity index is 712. The Morgan fingerprint density at radius 1 is 1.12 bits per heavy atom. The summed E-state index contributed by atoms with van der Waals surface area (Å²) >= 11 is 0. The number of benzene rings is 2. The molecule has 25 heavy (non-hydrogen) atoms. The quantitative estimate of drug-likeness (QED) is 0.557. The minimum atomic E-state index is -0.225. The molecule has 0 unspecified atom stereocenters. The third-order valence-electron chi connectivity index (χ3n) is 3.36. The zero-order valence-corrected chi connectivity index (χ0v) is 14.5. The molecule has 2 aromatic rings. The molecule has 0 heterocycles. The standard InChI is InChI=1S/C20H23NO4/c1-3-24-13-14-25-18-9-6-8-17(15-18)21-20(22)12-11-16-7-4-5-10-19(16)23-2/h4-12,15H,3,13-14H2,1-2H3,(H,21,22)/b12-11+. The fourth-order valence-corrected chi connectivity index (χ4v) is 2.18. The predicted octanol–water partition coefficient (Wildman–Crippen LogP) is 3.76. The Balaban J connectivity index is 1.92. The molecule has 132 valence electrons. The van der Waals surface area contributed by atoms with Gasteiger partial charge < -0.3 is 19.5 Å². The lowest BCUT2D eigenvalue weighted by atomic mass is 10.2. The number of amides is 1. The van der Waals surface area contributed by atoms with Crippen molar-refractivity contribution in [1.82, 2.24) is 0 Å². The molecule has 0 aliphatic heterocycles. The molecule has 5 nitrogen and oxygen atoms in total. The summed E-state index contributed by atoms with van der Waals surface area (Å²) in [7, 11) is 1.60. The van der Waals surface area contributed by atoms with Crippen LogP contribution >= 0.6 is 0 Å². The monoisotopic (exact) mass is 341 g/mol. The number of hydrogen-bond acceptors (Lipinski definition) is 4. The first kappa shape index (κ1) is 18.5. The summed E-state index contributed by atoms with van der Waals surface area (Å²) < 4.78 is 16.1. The summed E-state index contributed by atoms with van der Waals surface area (Å²) in [6, 6.07) is 14.8. The summed E-state index contributed by atoms with van der Waals surface area (Å²) in [6.45, 7) is 3.61. The van der Waals surface area contributed by atoms with Crippen molar-refractivity contribution in [1.29, 1.82) is 0 Å². The second kappa shape index (κ2) is 10.2. The maximum absolute atomic E-state index is 12.1. The highest BCUT2D eigenvalue weighted by molar-refractivity contribution is 6.02. The lowest BCUT2D eigenvalue weighted by Gasteiger charge is -2.08. The second-order valence-electron chi connectivity index (χ2n) is 5.14. The molecule has 0 spiro atoms. The van der Waals surface area contributed by atoms with Crippen molar-refractivity contribution in [3.05, 3.63) is 60.2 Å². The van der Waals surface area contributed by atoms with Gasteiger partial charge in [-0.1, -0.05) is 24.3 Å². The number of nitrogens with one attached hydrogen (secondary N) is 1. The van der Waals surface area contributed by atoms with E-state index in [2.05, 4.69) is 5.32 Å². The minimum Gasteiger partial charge on any atom is -0.496 e. The van der Waals surface area contributed by atoms with Crippen LogP contribution in [-0.4, -0.2) is 32.8 Å². The molecule has 0 atom stereocenters. The van der Waals surface area contributed by atoms with Gasteiger partial charge >= 0.3 is 0 Å². The smallest absolute Gasteiger partial charge is 0.248 e. The maximum atomic E-state index is 12.1. The number of rotatable bonds is 9. The van der Waals surface area contributed by atoms with Crippen molar-refractivity contribution in [2.75, 3.05) is 32.2 Å². The van der Waals surface area contributed by atoms with E-state index in [4.69, 9.17) is 14.2 Å². The van der Waals surface area contributed by atoms with Crippen LogP contribution in [0.3, 0.4) is 0 Å². The van der Waals surface area contributed by atoms with E-state index < -0.39 is 0 Å². The van der Waals surface area contributed by atoms with Crippen molar-refractivity contribution in [2.24, 2.45) is 0 Å². The summed E-state index contributed by atoms with van der Waals surface area (Å²) in [5, 5.41) is 2.81. The first-order valence-corrected chi connectivity index (χ1v) is 8.15. The van der Waals surface area contributed by atoms with Crippen LogP contribution < -0.4 is 14.8 Å². The van der Waals surface area contributed by atoms with Crippen LogP contribution in [0.15, 0.2) is 54.6 Å². The van der Waals surface area contributed by atoms with Crippen molar-refractivity contribution in [3.8, 4) is 11.5 Å². The van der Waals surface area contributed by atoms with E-state index in [1.807, 2.05) is 49.4 Å². The van der Waals surface area contributed by atoms with E-state index in [1.165, 1.54) is 6.08 Å². The van der Waals surface area contributed by atoms with Gasteiger partial charge in [0.1, 0.15) is 18.1 Å². The molecule has 0 saturated carbocycles. The molecular formula is C20H23NO4. The third kappa shape index (κ3) is 6.31. The molecule has 0 saturated heterocycles. The highest BCUT2D eigenvalue weighted by atomic mass is 16.5. The summed E-state index contributed by atoms with van der Waals surface area (Å²) in [5.74, 6) is 1.18. The molecule has 0 aliphatic rings. The van der Waals surface area contributed by atoms with Gasteiger partial charge in [-0.3, -0.25) is 4.79 Å². The van der Waals surface area contributed by atoms with Crippen molar-refractivity contribution in [3.63, 3.8) is 0 Å². The highest BCUT2D eigenvalue weighted by Gasteiger charge is 2.02. The first-order chi connectivity index (χ1) is 12.2. The van der Waals surface area contributed by atoms with Gasteiger partial charge in [0.15, 0.2) is 0 Å². The largest absolute Gasteiger partial charge is 0.496 e. The maximum Gasteiger partial charge on any atom is 0.248 e. The fourth-order valence-electron chi connectivity index (χ4n) is 2.18. The van der Waals surface area contributed by atoms with Gasteiger partial charge in [0, 0.05) is 30.0 Å². The van der Waals surface area contributed by atoms with Crippen molar-refractivity contribution in [2.45, 2.75) is 6.92 Å². The number of para-hydroxylation sites is 1. The topological polar surface area (TPSA) is 56.8 Å². The van der Waals surface area contributed by atoms with Gasteiger partial charge in [0.2, 0.25) is 5.91 Å². The first-order valence-electron chi connectivity index (χ1n) is 8.15. The van der Waals surface area contributed by atoms with E-state index in [0.717, 1.165) is 11.3 Å². The van der Waals surface area contributed by atoms with Crippen LogP contribution in [0.5, 0.6) is 11.5 Å². The van der Waals surface area contributed by atoms with E-state index in [-0.39, 0.29) is 5.91 Å². The molecule has 0 aromatic heterocycles. The third-order valence-corrected chi connectivity index (χ3v) is 3.36. The lowest BCUT2D eigenvalue weighted by Crippen LogP contribution is -2.09. The van der Waals surface area contributed by atoms with E-state index in [1.54, 1.807) is 19.3 Å². The highest BCUT2D eigenvalue weighted by Crippen LogP contribution is 2.19. The van der Waals surface area contributed by atoms with E-state index in [9.17, 15) is 4.79 Å². The van der Waals surface area contributed by atoms with Crippen molar-refractivity contribution < 1.29 is 19.0 Å². The van der Waals surface area contributed by atoms with Gasteiger partial charge in [-0.05, 0) is 31.2 Å².